The van der Waals surface area contributed by atoms with Gasteiger partial charge in [0.1, 0.15) is 12.4 Å². The minimum atomic E-state index is -0.974. The number of urea groups is 1. The first-order valence-electron chi connectivity index (χ1n) is 8.68. The van der Waals surface area contributed by atoms with Crippen LogP contribution < -0.4 is 20.3 Å². The van der Waals surface area contributed by atoms with Crippen molar-refractivity contribution in [3.05, 3.63) is 54.1 Å². The van der Waals surface area contributed by atoms with Gasteiger partial charge in [0, 0.05) is 19.2 Å². The number of nitrogens with zero attached hydrogens (tertiary/aromatic N) is 1. The van der Waals surface area contributed by atoms with Gasteiger partial charge in [0.05, 0.1) is 31.1 Å². The van der Waals surface area contributed by atoms with Gasteiger partial charge in [-0.3, -0.25) is 0 Å². The fourth-order valence-corrected chi connectivity index (χ4v) is 2.73. The Labute approximate surface area is 156 Å². The Kier molecular flexibility index (Phi) is 6.43. The molecule has 2 aromatic rings. The summed E-state index contributed by atoms with van der Waals surface area (Å²) in [5, 5.41) is 5.50. The Bertz CT molecular complexity index is 783. The summed E-state index contributed by atoms with van der Waals surface area (Å²) in [5.74, 6) is -1.70. The van der Waals surface area contributed by atoms with Crippen molar-refractivity contribution in [1.82, 2.24) is 5.32 Å². The largest absolute Gasteiger partial charge is 0.492 e. The molecule has 6 nitrogen and oxygen atoms in total. The van der Waals surface area contributed by atoms with E-state index in [4.69, 9.17) is 9.47 Å². The van der Waals surface area contributed by atoms with Crippen molar-refractivity contribution in [2.24, 2.45) is 0 Å². The van der Waals surface area contributed by atoms with Crippen LogP contribution in [0.3, 0.4) is 0 Å². The van der Waals surface area contributed by atoms with E-state index in [9.17, 15) is 13.6 Å². The molecule has 27 heavy (non-hydrogen) atoms. The summed E-state index contributed by atoms with van der Waals surface area (Å²) in [4.78, 5) is 14.3. The summed E-state index contributed by atoms with van der Waals surface area (Å²) in [5.41, 5.74) is 1.65. The number of hydrogen-bond acceptors (Lipinski definition) is 4. The standard InChI is InChI=1S/C19H21F2N3O3/c20-15-6-5-14(13-16(15)21)27-10-7-22-19(25)23-17-3-1-2-4-18(17)24-8-11-26-12-9-24/h1-6,13H,7-12H2,(H2,22,23,25). The van der Waals surface area contributed by atoms with Crippen molar-refractivity contribution in [3.63, 3.8) is 0 Å². The van der Waals surface area contributed by atoms with Crippen LogP contribution in [-0.2, 0) is 4.74 Å². The molecular weight excluding hydrogens is 356 g/mol. The Morgan fingerprint density at radius 2 is 1.89 bits per heavy atom. The summed E-state index contributed by atoms with van der Waals surface area (Å²) in [6.07, 6.45) is 0. The van der Waals surface area contributed by atoms with E-state index in [0.29, 0.717) is 18.9 Å². The average Bonchev–Trinajstić information content (AvgIpc) is 2.69. The third kappa shape index (κ3) is 5.30. The molecule has 0 aliphatic carbocycles. The molecule has 2 aromatic carbocycles. The van der Waals surface area contributed by atoms with Crippen molar-refractivity contribution >= 4 is 17.4 Å². The highest BCUT2D eigenvalue weighted by Crippen LogP contribution is 2.26. The van der Waals surface area contributed by atoms with E-state index in [0.717, 1.165) is 30.9 Å². The second-order valence-electron chi connectivity index (χ2n) is 5.92. The summed E-state index contributed by atoms with van der Waals surface area (Å²) in [7, 11) is 0. The van der Waals surface area contributed by atoms with Gasteiger partial charge in [-0.1, -0.05) is 12.1 Å². The van der Waals surface area contributed by atoms with E-state index in [-0.39, 0.29) is 24.9 Å². The van der Waals surface area contributed by atoms with Crippen LogP contribution >= 0.6 is 0 Å². The van der Waals surface area contributed by atoms with E-state index < -0.39 is 11.6 Å². The number of halogens is 2. The zero-order chi connectivity index (χ0) is 19.1. The topological polar surface area (TPSA) is 62.8 Å². The lowest BCUT2D eigenvalue weighted by Crippen LogP contribution is -2.37. The molecule has 0 bridgehead atoms. The third-order valence-electron chi connectivity index (χ3n) is 4.05. The van der Waals surface area contributed by atoms with Gasteiger partial charge in [-0.25, -0.2) is 13.6 Å². The van der Waals surface area contributed by atoms with Gasteiger partial charge in [-0.05, 0) is 24.3 Å². The van der Waals surface area contributed by atoms with E-state index in [1.807, 2.05) is 24.3 Å². The molecule has 0 atom stereocenters. The predicted molar refractivity (Wildman–Crippen MR) is 98.3 cm³/mol. The maximum atomic E-state index is 13.1. The van der Waals surface area contributed by atoms with E-state index >= 15 is 0 Å². The number of rotatable bonds is 6. The molecule has 0 unspecified atom stereocenters. The molecule has 0 aromatic heterocycles. The average molecular weight is 377 g/mol. The molecule has 0 radical (unpaired) electrons. The van der Waals surface area contributed by atoms with Crippen LogP contribution in [-0.4, -0.2) is 45.5 Å². The van der Waals surface area contributed by atoms with Crippen molar-refractivity contribution in [1.29, 1.82) is 0 Å². The van der Waals surface area contributed by atoms with Crippen molar-refractivity contribution in [2.75, 3.05) is 49.7 Å². The number of nitrogens with one attached hydrogen (secondary N) is 2. The van der Waals surface area contributed by atoms with Crippen molar-refractivity contribution in [3.8, 4) is 5.75 Å². The monoisotopic (exact) mass is 377 g/mol. The highest BCUT2D eigenvalue weighted by atomic mass is 19.2. The summed E-state index contributed by atoms with van der Waals surface area (Å²) in [6, 6.07) is 10.5. The van der Waals surface area contributed by atoms with Gasteiger partial charge in [0.25, 0.3) is 0 Å². The minimum Gasteiger partial charge on any atom is -0.492 e. The molecule has 1 saturated heterocycles. The normalized spacial score (nSPS) is 13.9. The smallest absolute Gasteiger partial charge is 0.319 e. The number of carbonyl (C=O) groups is 1. The lowest BCUT2D eigenvalue weighted by Gasteiger charge is -2.30. The zero-order valence-corrected chi connectivity index (χ0v) is 14.7. The number of hydrogen-bond donors (Lipinski definition) is 2. The number of morpholine rings is 1. The molecule has 2 amide bonds. The van der Waals surface area contributed by atoms with E-state index in [1.54, 1.807) is 0 Å². The van der Waals surface area contributed by atoms with Gasteiger partial charge >= 0.3 is 6.03 Å². The van der Waals surface area contributed by atoms with Crippen LogP contribution in [0, 0.1) is 11.6 Å². The fourth-order valence-electron chi connectivity index (χ4n) is 2.73. The fraction of sp³-hybridized carbons (Fsp3) is 0.316. The molecule has 1 fully saturated rings. The van der Waals surface area contributed by atoms with Crippen LogP contribution in [0.25, 0.3) is 0 Å². The van der Waals surface area contributed by atoms with E-state index in [1.165, 1.54) is 6.07 Å². The summed E-state index contributed by atoms with van der Waals surface area (Å²) >= 11 is 0. The third-order valence-corrected chi connectivity index (χ3v) is 4.05. The highest BCUT2D eigenvalue weighted by Gasteiger charge is 2.15. The number of benzene rings is 2. The second-order valence-corrected chi connectivity index (χ2v) is 5.92. The van der Waals surface area contributed by atoms with Crippen LogP contribution in [0.2, 0.25) is 0 Å². The Morgan fingerprint density at radius 3 is 2.67 bits per heavy atom. The molecule has 1 heterocycles. The molecule has 0 spiro atoms. The lowest BCUT2D eigenvalue weighted by atomic mass is 10.2. The maximum Gasteiger partial charge on any atom is 0.319 e. The quantitative estimate of drug-likeness (QED) is 0.760. The zero-order valence-electron chi connectivity index (χ0n) is 14.7. The number of anilines is 2. The summed E-state index contributed by atoms with van der Waals surface area (Å²) < 4.78 is 36.6. The maximum absolute atomic E-state index is 13.1. The van der Waals surface area contributed by atoms with Gasteiger partial charge in [-0.15, -0.1) is 0 Å². The van der Waals surface area contributed by atoms with Gasteiger partial charge < -0.3 is 25.0 Å². The van der Waals surface area contributed by atoms with Gasteiger partial charge in [0.15, 0.2) is 11.6 Å². The van der Waals surface area contributed by atoms with E-state index in [2.05, 4.69) is 15.5 Å². The van der Waals surface area contributed by atoms with Crippen LogP contribution in [0.15, 0.2) is 42.5 Å². The van der Waals surface area contributed by atoms with Gasteiger partial charge in [0.2, 0.25) is 0 Å². The predicted octanol–water partition coefficient (Wildman–Crippen LogP) is 3.00. The first kappa shape index (κ1) is 18.9. The second kappa shape index (κ2) is 9.18. The minimum absolute atomic E-state index is 0.129. The van der Waals surface area contributed by atoms with Crippen molar-refractivity contribution < 1.29 is 23.0 Å². The van der Waals surface area contributed by atoms with Crippen molar-refractivity contribution in [2.45, 2.75) is 0 Å². The SMILES string of the molecule is O=C(NCCOc1ccc(F)c(F)c1)Nc1ccccc1N1CCOCC1. The molecule has 1 aliphatic heterocycles. The Morgan fingerprint density at radius 1 is 1.11 bits per heavy atom. The number of amides is 2. The first-order chi connectivity index (χ1) is 13.1. The summed E-state index contributed by atoms with van der Waals surface area (Å²) in [6.45, 7) is 3.18. The molecule has 1 aliphatic rings. The molecule has 144 valence electrons. The Hall–Kier alpha value is -2.87. The Balaban J connectivity index is 1.47. The lowest BCUT2D eigenvalue weighted by molar-refractivity contribution is 0.123. The highest BCUT2D eigenvalue weighted by molar-refractivity contribution is 5.93. The first-order valence-corrected chi connectivity index (χ1v) is 8.68. The molecular formula is C19H21F2N3O3. The number of ether oxygens (including phenoxy) is 2. The molecule has 3 rings (SSSR count). The van der Waals surface area contributed by atoms with Crippen LogP contribution in [0.5, 0.6) is 5.75 Å². The van der Waals surface area contributed by atoms with Gasteiger partial charge in [-0.2, -0.15) is 0 Å². The van der Waals surface area contributed by atoms with Crippen LogP contribution in [0.1, 0.15) is 0 Å². The molecule has 8 heteroatoms. The van der Waals surface area contributed by atoms with Crippen LogP contribution in [0.4, 0.5) is 25.0 Å². The number of para-hydroxylation sites is 2. The number of carbonyl (C=O) groups excluding carboxylic acids is 1. The molecule has 2 N–H and O–H groups in total. The molecule has 0 saturated carbocycles.